The Bertz CT molecular complexity index is 739. The molecular formula is C20H29N3O6. The van der Waals surface area contributed by atoms with Crippen molar-refractivity contribution in [1.82, 2.24) is 5.32 Å². The molecule has 0 heterocycles. The predicted octanol–water partition coefficient (Wildman–Crippen LogP) is 2.75. The number of carbonyl (C=O) groups excluding carboxylic acids is 2. The first-order valence-electron chi connectivity index (χ1n) is 9.81. The third-order valence-corrected chi connectivity index (χ3v) is 5.44. The van der Waals surface area contributed by atoms with Crippen LogP contribution in [0, 0.1) is 22.0 Å². The summed E-state index contributed by atoms with van der Waals surface area (Å²) >= 11 is 0. The number of carbonyl (C=O) groups is 2. The molecule has 2 rings (SSSR count). The van der Waals surface area contributed by atoms with Gasteiger partial charge in [-0.3, -0.25) is 14.9 Å². The van der Waals surface area contributed by atoms with Crippen LogP contribution in [0.25, 0.3) is 0 Å². The SMILES string of the molecule is COCCNc1ccc([N+](=O)[O-])cc1C(=O)OCC(=O)N[C@@H]1CCC[C@H](C)[C@H]1C. The number of esters is 1. The molecule has 1 saturated carbocycles. The number of nitro benzene ring substituents is 1. The minimum atomic E-state index is -0.797. The lowest BCUT2D eigenvalue weighted by molar-refractivity contribution is -0.384. The fourth-order valence-electron chi connectivity index (χ4n) is 3.50. The molecule has 1 aromatic rings. The van der Waals surface area contributed by atoms with Crippen LogP contribution in [0.4, 0.5) is 11.4 Å². The van der Waals surface area contributed by atoms with E-state index >= 15 is 0 Å². The molecule has 160 valence electrons. The maximum Gasteiger partial charge on any atom is 0.341 e. The zero-order chi connectivity index (χ0) is 21.4. The quantitative estimate of drug-likeness (QED) is 0.279. The molecule has 1 amide bonds. The predicted molar refractivity (Wildman–Crippen MR) is 108 cm³/mol. The highest BCUT2D eigenvalue weighted by Crippen LogP contribution is 2.29. The van der Waals surface area contributed by atoms with Gasteiger partial charge in [-0.15, -0.1) is 0 Å². The smallest absolute Gasteiger partial charge is 0.341 e. The van der Waals surface area contributed by atoms with E-state index < -0.39 is 17.5 Å². The van der Waals surface area contributed by atoms with Gasteiger partial charge >= 0.3 is 5.97 Å². The lowest BCUT2D eigenvalue weighted by Gasteiger charge is -2.34. The molecule has 0 aromatic heterocycles. The molecule has 3 atom stereocenters. The molecule has 1 fully saturated rings. The fourth-order valence-corrected chi connectivity index (χ4v) is 3.50. The maximum absolute atomic E-state index is 12.5. The Kier molecular flexibility index (Phi) is 8.38. The summed E-state index contributed by atoms with van der Waals surface area (Å²) in [7, 11) is 1.54. The van der Waals surface area contributed by atoms with Crippen LogP contribution in [0.15, 0.2) is 18.2 Å². The molecule has 1 aromatic carbocycles. The zero-order valence-electron chi connectivity index (χ0n) is 17.1. The number of non-ortho nitro benzene ring substituents is 1. The van der Waals surface area contributed by atoms with Gasteiger partial charge in [-0.2, -0.15) is 0 Å². The van der Waals surface area contributed by atoms with Crippen molar-refractivity contribution in [2.75, 3.05) is 32.2 Å². The molecular weight excluding hydrogens is 378 g/mol. The van der Waals surface area contributed by atoms with E-state index in [4.69, 9.17) is 9.47 Å². The highest BCUT2D eigenvalue weighted by atomic mass is 16.6. The molecule has 0 aliphatic heterocycles. The van der Waals surface area contributed by atoms with Gasteiger partial charge in [-0.1, -0.05) is 26.7 Å². The third-order valence-electron chi connectivity index (χ3n) is 5.44. The molecule has 29 heavy (non-hydrogen) atoms. The summed E-state index contributed by atoms with van der Waals surface area (Å²) in [6, 6.07) is 3.94. The molecule has 0 radical (unpaired) electrons. The van der Waals surface area contributed by atoms with Crippen molar-refractivity contribution >= 4 is 23.3 Å². The molecule has 0 unspecified atom stereocenters. The average Bonchev–Trinajstić information content (AvgIpc) is 2.70. The summed E-state index contributed by atoms with van der Waals surface area (Å²) in [4.78, 5) is 35.2. The number of hydrogen-bond donors (Lipinski definition) is 2. The van der Waals surface area contributed by atoms with Gasteiger partial charge in [0.05, 0.1) is 17.1 Å². The van der Waals surface area contributed by atoms with Crippen molar-refractivity contribution in [3.05, 3.63) is 33.9 Å². The van der Waals surface area contributed by atoms with Crippen LogP contribution < -0.4 is 10.6 Å². The highest BCUT2D eigenvalue weighted by molar-refractivity contribution is 5.97. The lowest BCUT2D eigenvalue weighted by Crippen LogP contribution is -2.45. The second-order valence-electron chi connectivity index (χ2n) is 7.42. The molecule has 9 nitrogen and oxygen atoms in total. The maximum atomic E-state index is 12.5. The van der Waals surface area contributed by atoms with Crippen LogP contribution in [0.2, 0.25) is 0 Å². The van der Waals surface area contributed by atoms with E-state index in [0.717, 1.165) is 25.3 Å². The molecule has 0 bridgehead atoms. The monoisotopic (exact) mass is 407 g/mol. The van der Waals surface area contributed by atoms with E-state index in [0.29, 0.717) is 30.7 Å². The van der Waals surface area contributed by atoms with Crippen molar-refractivity contribution in [3.63, 3.8) is 0 Å². The van der Waals surface area contributed by atoms with Crippen molar-refractivity contribution in [2.24, 2.45) is 11.8 Å². The van der Waals surface area contributed by atoms with Crippen LogP contribution in [0.5, 0.6) is 0 Å². The van der Waals surface area contributed by atoms with E-state index in [1.807, 2.05) is 0 Å². The van der Waals surface area contributed by atoms with Gasteiger partial charge in [0.2, 0.25) is 0 Å². The summed E-state index contributed by atoms with van der Waals surface area (Å²) in [5.41, 5.74) is 0.152. The van der Waals surface area contributed by atoms with Crippen molar-refractivity contribution in [1.29, 1.82) is 0 Å². The van der Waals surface area contributed by atoms with E-state index in [-0.39, 0.29) is 23.2 Å². The van der Waals surface area contributed by atoms with Crippen LogP contribution in [0.3, 0.4) is 0 Å². The molecule has 0 saturated heterocycles. The largest absolute Gasteiger partial charge is 0.452 e. The first kappa shape index (κ1) is 22.6. The van der Waals surface area contributed by atoms with Crippen molar-refractivity contribution in [3.8, 4) is 0 Å². The number of anilines is 1. The Labute approximate surface area is 170 Å². The Balaban J connectivity index is 2.00. The summed E-state index contributed by atoms with van der Waals surface area (Å²) in [5, 5.41) is 17.0. The van der Waals surface area contributed by atoms with Crippen LogP contribution in [-0.2, 0) is 14.3 Å². The first-order valence-corrected chi connectivity index (χ1v) is 9.81. The summed E-state index contributed by atoms with van der Waals surface area (Å²) in [5.74, 6) is -0.281. The summed E-state index contributed by atoms with van der Waals surface area (Å²) < 4.78 is 10.1. The number of ether oxygens (including phenoxy) is 2. The molecule has 2 N–H and O–H groups in total. The number of nitro groups is 1. The van der Waals surface area contributed by atoms with Crippen molar-refractivity contribution < 1.29 is 24.0 Å². The van der Waals surface area contributed by atoms with E-state index in [1.54, 1.807) is 7.11 Å². The zero-order valence-corrected chi connectivity index (χ0v) is 17.1. The third kappa shape index (κ3) is 6.42. The van der Waals surface area contributed by atoms with Gasteiger partial charge in [0, 0.05) is 37.5 Å². The molecule has 1 aliphatic carbocycles. The van der Waals surface area contributed by atoms with Gasteiger partial charge in [0.15, 0.2) is 6.61 Å². The van der Waals surface area contributed by atoms with E-state index in [2.05, 4.69) is 24.5 Å². The number of hydrogen-bond acceptors (Lipinski definition) is 7. The van der Waals surface area contributed by atoms with Crippen LogP contribution in [-0.4, -0.2) is 49.7 Å². The Hall–Kier alpha value is -2.68. The summed E-state index contributed by atoms with van der Waals surface area (Å²) in [6.07, 6.45) is 3.11. The topological polar surface area (TPSA) is 120 Å². The highest BCUT2D eigenvalue weighted by Gasteiger charge is 2.28. The van der Waals surface area contributed by atoms with Crippen molar-refractivity contribution in [2.45, 2.75) is 39.2 Å². The van der Waals surface area contributed by atoms with Gasteiger partial charge in [0.25, 0.3) is 11.6 Å². The molecule has 9 heteroatoms. The van der Waals surface area contributed by atoms with Crippen LogP contribution >= 0.6 is 0 Å². The number of rotatable bonds is 9. The Morgan fingerprint density at radius 3 is 2.72 bits per heavy atom. The van der Waals surface area contributed by atoms with E-state index in [1.165, 1.54) is 12.1 Å². The Morgan fingerprint density at radius 2 is 2.03 bits per heavy atom. The van der Waals surface area contributed by atoms with Gasteiger partial charge in [0.1, 0.15) is 0 Å². The van der Waals surface area contributed by atoms with Gasteiger partial charge in [-0.25, -0.2) is 4.79 Å². The van der Waals surface area contributed by atoms with Gasteiger partial charge < -0.3 is 20.1 Å². The summed E-state index contributed by atoms with van der Waals surface area (Å²) in [6.45, 7) is 4.65. The van der Waals surface area contributed by atoms with E-state index in [9.17, 15) is 19.7 Å². The fraction of sp³-hybridized carbons (Fsp3) is 0.600. The number of nitrogens with zero attached hydrogens (tertiary/aromatic N) is 1. The molecule has 0 spiro atoms. The second kappa shape index (κ2) is 10.8. The normalized spacial score (nSPS) is 21.3. The Morgan fingerprint density at radius 1 is 1.28 bits per heavy atom. The minimum Gasteiger partial charge on any atom is -0.452 e. The van der Waals surface area contributed by atoms with Crippen LogP contribution in [0.1, 0.15) is 43.5 Å². The number of nitrogens with one attached hydrogen (secondary N) is 2. The number of methoxy groups -OCH3 is 1. The number of benzene rings is 1. The molecule has 1 aliphatic rings. The lowest BCUT2D eigenvalue weighted by atomic mass is 9.78. The number of amides is 1. The average molecular weight is 407 g/mol. The van der Waals surface area contributed by atoms with Gasteiger partial charge in [-0.05, 0) is 24.3 Å². The first-order chi connectivity index (χ1) is 13.8. The standard InChI is InChI=1S/C20H29N3O6/c1-13-5-4-6-17(14(13)2)22-19(24)12-29-20(25)16-11-15(23(26)27)7-8-18(16)21-9-10-28-3/h7-8,11,13-14,17,21H,4-6,9-10,12H2,1-3H3,(H,22,24)/t13-,14+,17+/m0/s1. The minimum absolute atomic E-state index is 0.00256. The second-order valence-corrected chi connectivity index (χ2v) is 7.42.